The molecule has 3 heterocycles. The average Bonchev–Trinajstić information content (AvgIpc) is 3.04. The number of anilines is 4. The summed E-state index contributed by atoms with van der Waals surface area (Å²) < 4.78 is 11.0. The number of carbonyl (C=O) groups is 2. The Labute approximate surface area is 264 Å². The first-order chi connectivity index (χ1) is 20.9. The van der Waals surface area contributed by atoms with Crippen molar-refractivity contribution >= 4 is 47.6 Å². The van der Waals surface area contributed by atoms with Crippen LogP contribution >= 0.6 is 12.4 Å². The van der Waals surface area contributed by atoms with Gasteiger partial charge in [0.05, 0.1) is 26.4 Å². The quantitative estimate of drug-likeness (QED) is 0.366. The van der Waals surface area contributed by atoms with Crippen molar-refractivity contribution in [2.24, 2.45) is 0 Å². The fourth-order valence-electron chi connectivity index (χ4n) is 4.66. The van der Waals surface area contributed by atoms with Crippen LogP contribution < -0.4 is 20.4 Å². The van der Waals surface area contributed by atoms with Crippen LogP contribution in [0.5, 0.6) is 0 Å². The number of likely N-dealkylation sites (N-methyl/N-ethyl adjacent to an activating group) is 2. The highest BCUT2D eigenvalue weighted by Gasteiger charge is 2.21. The van der Waals surface area contributed by atoms with Crippen LogP contribution in [0.25, 0.3) is 11.4 Å². The van der Waals surface area contributed by atoms with Gasteiger partial charge >= 0.3 is 6.03 Å². The van der Waals surface area contributed by atoms with E-state index in [-0.39, 0.29) is 24.3 Å². The molecule has 3 aromatic rings. The number of morpholine rings is 2. The fraction of sp³-hybridized carbons (Fsp3) is 0.433. The lowest BCUT2D eigenvalue weighted by molar-refractivity contribution is 0.0786. The van der Waals surface area contributed by atoms with E-state index in [4.69, 9.17) is 24.4 Å². The number of ether oxygens (including phenoxy) is 2. The lowest BCUT2D eigenvalue weighted by atomic mass is 10.2. The fourth-order valence-corrected chi connectivity index (χ4v) is 4.66. The zero-order valence-corrected chi connectivity index (χ0v) is 26.2. The molecule has 0 bridgehead atoms. The molecule has 13 nitrogen and oxygen atoms in total. The second-order valence-electron chi connectivity index (χ2n) is 10.7. The molecule has 3 amide bonds. The summed E-state index contributed by atoms with van der Waals surface area (Å²) in [6, 6.07) is 13.9. The standard InChI is InChI=1S/C30H39N9O4.ClH/c1-36(2)12-13-37(3)27(40)23-6-10-25(11-7-23)32-30(41)31-24-8-4-22(5-9-24)26-33-28(38-14-18-42-19-15-38)35-29(34-26)39-16-20-43-21-17-39;/h4-11H,12-21H2,1-3H3,(H2,31,32,41);1H. The summed E-state index contributed by atoms with van der Waals surface area (Å²) in [6.07, 6.45) is 0. The second kappa shape index (κ2) is 15.6. The summed E-state index contributed by atoms with van der Waals surface area (Å²) >= 11 is 0. The first-order valence-corrected chi connectivity index (χ1v) is 14.5. The number of nitrogens with zero attached hydrogens (tertiary/aromatic N) is 7. The summed E-state index contributed by atoms with van der Waals surface area (Å²) in [5, 5.41) is 5.66. The number of nitrogens with one attached hydrogen (secondary N) is 2. The van der Waals surface area contributed by atoms with Crippen LogP contribution in [0.2, 0.25) is 0 Å². The van der Waals surface area contributed by atoms with Crippen molar-refractivity contribution in [1.82, 2.24) is 24.8 Å². The van der Waals surface area contributed by atoms with E-state index in [1.807, 2.05) is 43.3 Å². The molecule has 0 saturated carbocycles. The minimum atomic E-state index is -0.390. The molecule has 2 saturated heterocycles. The van der Waals surface area contributed by atoms with E-state index in [0.717, 1.165) is 38.3 Å². The van der Waals surface area contributed by atoms with Gasteiger partial charge in [-0.15, -0.1) is 12.4 Å². The van der Waals surface area contributed by atoms with Crippen LogP contribution in [0.4, 0.5) is 28.1 Å². The molecule has 2 aliphatic heterocycles. The minimum Gasteiger partial charge on any atom is -0.378 e. The van der Waals surface area contributed by atoms with Crippen LogP contribution in [-0.4, -0.2) is 124 Å². The van der Waals surface area contributed by atoms with Crippen molar-refractivity contribution in [3.63, 3.8) is 0 Å². The summed E-state index contributed by atoms with van der Waals surface area (Å²) in [6.45, 7) is 6.81. The van der Waals surface area contributed by atoms with Crippen LogP contribution in [0.15, 0.2) is 48.5 Å². The van der Waals surface area contributed by atoms with Crippen LogP contribution in [0.1, 0.15) is 10.4 Å². The first kappa shape index (κ1) is 32.9. The van der Waals surface area contributed by atoms with E-state index in [1.165, 1.54) is 0 Å². The van der Waals surface area contributed by atoms with E-state index >= 15 is 0 Å². The maximum absolute atomic E-state index is 12.7. The molecule has 14 heteroatoms. The highest BCUT2D eigenvalue weighted by Crippen LogP contribution is 2.24. The number of halogens is 1. The predicted molar refractivity (Wildman–Crippen MR) is 173 cm³/mol. The molecule has 0 atom stereocenters. The summed E-state index contributed by atoms with van der Waals surface area (Å²) in [7, 11) is 5.72. The van der Waals surface area contributed by atoms with Gasteiger partial charge < -0.3 is 39.7 Å². The SMILES string of the molecule is CN(C)CCN(C)C(=O)c1ccc(NC(=O)Nc2ccc(-c3nc(N4CCOCC4)nc(N4CCOCC4)n3)cc2)cc1.Cl. The van der Waals surface area contributed by atoms with Gasteiger partial charge in [-0.05, 0) is 62.6 Å². The Morgan fingerprint density at radius 1 is 0.727 bits per heavy atom. The number of rotatable bonds is 9. The maximum atomic E-state index is 12.7. The van der Waals surface area contributed by atoms with Gasteiger partial charge in [-0.25, -0.2) is 4.79 Å². The van der Waals surface area contributed by atoms with E-state index in [1.54, 1.807) is 36.2 Å². The molecule has 2 aromatic carbocycles. The molecule has 0 spiro atoms. The Bertz CT molecular complexity index is 1340. The predicted octanol–water partition coefficient (Wildman–Crippen LogP) is 2.91. The zero-order chi connectivity index (χ0) is 30.2. The smallest absolute Gasteiger partial charge is 0.323 e. The second-order valence-corrected chi connectivity index (χ2v) is 10.7. The van der Waals surface area contributed by atoms with E-state index in [2.05, 4.69) is 20.4 Å². The summed E-state index contributed by atoms with van der Waals surface area (Å²) in [5.41, 5.74) is 2.58. The molecule has 2 aliphatic rings. The van der Waals surface area contributed by atoms with E-state index in [0.29, 0.717) is 67.6 Å². The number of urea groups is 1. The van der Waals surface area contributed by atoms with Gasteiger partial charge in [0.15, 0.2) is 5.82 Å². The number of carbonyl (C=O) groups excluding carboxylic acids is 2. The van der Waals surface area contributed by atoms with Crippen molar-refractivity contribution in [3.05, 3.63) is 54.1 Å². The van der Waals surface area contributed by atoms with E-state index < -0.39 is 0 Å². The van der Waals surface area contributed by atoms with Crippen LogP contribution in [-0.2, 0) is 9.47 Å². The molecule has 0 unspecified atom stereocenters. The lowest BCUT2D eigenvalue weighted by Crippen LogP contribution is -2.40. The van der Waals surface area contributed by atoms with E-state index in [9.17, 15) is 9.59 Å². The van der Waals surface area contributed by atoms with Gasteiger partial charge in [0.1, 0.15) is 0 Å². The normalized spacial score (nSPS) is 15.0. The topological polar surface area (TPSA) is 128 Å². The number of amides is 3. The molecule has 1 aromatic heterocycles. The highest BCUT2D eigenvalue weighted by molar-refractivity contribution is 6.00. The summed E-state index contributed by atoms with van der Waals surface area (Å²) in [5.74, 6) is 1.76. The van der Waals surface area contributed by atoms with Gasteiger partial charge in [-0.2, -0.15) is 15.0 Å². The molecule has 0 radical (unpaired) electrons. The Balaban J connectivity index is 0.00000442. The third-order valence-corrected chi connectivity index (χ3v) is 7.22. The number of aromatic nitrogens is 3. The number of hydrogen-bond donors (Lipinski definition) is 2. The molecule has 236 valence electrons. The van der Waals surface area contributed by atoms with Gasteiger partial charge in [0.2, 0.25) is 11.9 Å². The maximum Gasteiger partial charge on any atom is 0.323 e. The Morgan fingerprint density at radius 2 is 1.20 bits per heavy atom. The number of benzene rings is 2. The highest BCUT2D eigenvalue weighted by atomic mass is 35.5. The monoisotopic (exact) mass is 625 g/mol. The van der Waals surface area contributed by atoms with Crippen molar-refractivity contribution in [2.45, 2.75) is 0 Å². The zero-order valence-electron chi connectivity index (χ0n) is 25.4. The van der Waals surface area contributed by atoms with Gasteiger partial charge in [-0.1, -0.05) is 0 Å². The average molecular weight is 626 g/mol. The summed E-state index contributed by atoms with van der Waals surface area (Å²) in [4.78, 5) is 47.6. The van der Waals surface area contributed by atoms with Crippen molar-refractivity contribution in [2.75, 3.05) is 107 Å². The van der Waals surface area contributed by atoms with Gasteiger partial charge in [0, 0.05) is 68.8 Å². The molecule has 5 rings (SSSR count). The third kappa shape index (κ3) is 8.76. The van der Waals surface area contributed by atoms with Crippen molar-refractivity contribution < 1.29 is 19.1 Å². The lowest BCUT2D eigenvalue weighted by Gasteiger charge is -2.30. The molecule has 2 N–H and O–H groups in total. The first-order valence-electron chi connectivity index (χ1n) is 14.5. The Hall–Kier alpha value is -4.04. The third-order valence-electron chi connectivity index (χ3n) is 7.22. The van der Waals surface area contributed by atoms with Crippen molar-refractivity contribution in [1.29, 1.82) is 0 Å². The largest absolute Gasteiger partial charge is 0.378 e. The van der Waals surface area contributed by atoms with Crippen molar-refractivity contribution in [3.8, 4) is 11.4 Å². The molecular weight excluding hydrogens is 586 g/mol. The molecule has 0 aliphatic carbocycles. The minimum absolute atomic E-state index is 0. The van der Waals surface area contributed by atoms with Gasteiger partial charge in [0.25, 0.3) is 5.91 Å². The molecule has 2 fully saturated rings. The molecular formula is C30H40ClN9O4. The van der Waals surface area contributed by atoms with Crippen LogP contribution in [0.3, 0.4) is 0 Å². The Morgan fingerprint density at radius 3 is 1.68 bits per heavy atom. The Kier molecular flexibility index (Phi) is 11.7. The number of hydrogen-bond acceptors (Lipinski definition) is 10. The van der Waals surface area contributed by atoms with Gasteiger partial charge in [-0.3, -0.25) is 4.79 Å². The molecule has 44 heavy (non-hydrogen) atoms. The van der Waals surface area contributed by atoms with Crippen LogP contribution in [0, 0.1) is 0 Å².